The fraction of sp³-hybridized carbons (Fsp3) is 0.444. The van der Waals surface area contributed by atoms with Crippen LogP contribution in [0.15, 0.2) is 25.6 Å². The summed E-state index contributed by atoms with van der Waals surface area (Å²) in [7, 11) is 1.10. The van der Waals surface area contributed by atoms with Crippen molar-refractivity contribution in [3.63, 3.8) is 0 Å². The van der Waals surface area contributed by atoms with Gasteiger partial charge in [-0.3, -0.25) is 4.90 Å². The Kier molecular flexibility index (Phi) is 6.78. The molecule has 5 heteroatoms. The molecule has 0 aromatic heterocycles. The van der Waals surface area contributed by atoms with Crippen molar-refractivity contribution < 1.29 is 14.6 Å². The van der Waals surface area contributed by atoms with Crippen LogP contribution in [0.1, 0.15) is 12.8 Å². The zero-order valence-corrected chi connectivity index (χ0v) is 10.5. The molecule has 0 bridgehead atoms. The largest absolute Gasteiger partial charge is 0.420 e. The Morgan fingerprint density at radius 1 is 1.64 bits per heavy atom. The maximum Gasteiger partial charge on any atom is 0.420 e. The minimum atomic E-state index is -0.853. The second kappa shape index (κ2) is 7.34. The zero-order chi connectivity index (χ0) is 11.0. The monoisotopic (exact) mass is 215 g/mol. The number of nitrogens with zero attached hydrogens (tertiary/aromatic N) is 1. The maximum absolute atomic E-state index is 11.2. The summed E-state index contributed by atoms with van der Waals surface area (Å²) >= 11 is 0. The van der Waals surface area contributed by atoms with Crippen molar-refractivity contribution in [1.82, 2.24) is 4.90 Å². The van der Waals surface area contributed by atoms with Gasteiger partial charge in [-0.05, 0) is 6.42 Å². The van der Waals surface area contributed by atoms with Crippen LogP contribution in [-0.2, 0) is 4.74 Å². The predicted molar refractivity (Wildman–Crippen MR) is 58.7 cm³/mol. The van der Waals surface area contributed by atoms with Crippen molar-refractivity contribution in [2.24, 2.45) is 0 Å². The highest BCUT2D eigenvalue weighted by Crippen LogP contribution is 2.08. The lowest BCUT2D eigenvalue weighted by Gasteiger charge is -2.22. The Bertz CT molecular complexity index is 208. The molecule has 0 aliphatic rings. The van der Waals surface area contributed by atoms with Gasteiger partial charge in [0.1, 0.15) is 6.23 Å². The third kappa shape index (κ3) is 4.24. The molecule has 0 rings (SSSR count). The summed E-state index contributed by atoms with van der Waals surface area (Å²) in [5.41, 5.74) is 0. The highest BCUT2D eigenvalue weighted by atomic mass is 28.1. The van der Waals surface area contributed by atoms with Crippen LogP contribution < -0.4 is 0 Å². The summed E-state index contributed by atoms with van der Waals surface area (Å²) in [5, 5.41) is 9.57. The molecule has 1 atom stereocenters. The van der Waals surface area contributed by atoms with Gasteiger partial charge in [-0.2, -0.15) is 0 Å². The van der Waals surface area contributed by atoms with Crippen LogP contribution in [0, 0.1) is 0 Å². The smallest absolute Gasteiger partial charge is 0.419 e. The highest BCUT2D eigenvalue weighted by Gasteiger charge is 2.18. The van der Waals surface area contributed by atoms with Gasteiger partial charge >= 0.3 is 6.09 Å². The van der Waals surface area contributed by atoms with Crippen LogP contribution in [0.2, 0.25) is 6.04 Å². The molecule has 80 valence electrons. The minimum absolute atomic E-state index is 0.543. The van der Waals surface area contributed by atoms with Gasteiger partial charge in [-0.1, -0.05) is 25.6 Å². The first-order chi connectivity index (χ1) is 6.67. The highest BCUT2D eigenvalue weighted by molar-refractivity contribution is 6.08. The number of ether oxygens (including phenoxy) is 1. The summed E-state index contributed by atoms with van der Waals surface area (Å²) in [6.07, 6.45) is 2.22. The molecule has 1 unspecified atom stereocenters. The van der Waals surface area contributed by atoms with Crippen molar-refractivity contribution in [1.29, 1.82) is 0 Å². The summed E-state index contributed by atoms with van der Waals surface area (Å²) in [4.78, 5) is 12.2. The van der Waals surface area contributed by atoms with Crippen molar-refractivity contribution in [3.05, 3.63) is 25.6 Å². The van der Waals surface area contributed by atoms with E-state index < -0.39 is 12.3 Å². The van der Waals surface area contributed by atoms with Crippen molar-refractivity contribution in [3.8, 4) is 0 Å². The van der Waals surface area contributed by atoms with Crippen molar-refractivity contribution in [2.45, 2.75) is 25.1 Å². The first kappa shape index (κ1) is 12.9. The standard InChI is InChI=1S/C9H17NO3Si/c1-3-10(9(12)13-4-2)8(11)6-5-7-14/h3-4,8,11H,1-2,5-7H2,14H3. The SMILES string of the molecule is C=COC(=O)N(C=C)C(O)CCC[SiH3]. The Morgan fingerprint density at radius 3 is 2.71 bits per heavy atom. The Morgan fingerprint density at radius 2 is 2.29 bits per heavy atom. The minimum Gasteiger partial charge on any atom is -0.419 e. The lowest BCUT2D eigenvalue weighted by atomic mass is 10.3. The van der Waals surface area contributed by atoms with Gasteiger partial charge in [-0.25, -0.2) is 4.79 Å². The molecule has 1 amide bonds. The number of aliphatic hydroxyl groups excluding tert-OH is 1. The van der Waals surface area contributed by atoms with E-state index in [2.05, 4.69) is 17.9 Å². The molecule has 0 heterocycles. The first-order valence-corrected chi connectivity index (χ1v) is 5.99. The van der Waals surface area contributed by atoms with Gasteiger partial charge in [0, 0.05) is 16.4 Å². The molecule has 0 aliphatic carbocycles. The van der Waals surface area contributed by atoms with E-state index in [1.165, 1.54) is 6.20 Å². The van der Waals surface area contributed by atoms with Crippen LogP contribution in [0.3, 0.4) is 0 Å². The van der Waals surface area contributed by atoms with E-state index in [4.69, 9.17) is 0 Å². The number of amides is 1. The molecule has 14 heavy (non-hydrogen) atoms. The third-order valence-corrected chi connectivity index (χ3v) is 2.44. The molecule has 0 fully saturated rings. The summed E-state index contributed by atoms with van der Waals surface area (Å²) in [6, 6.07) is 1.10. The van der Waals surface area contributed by atoms with Gasteiger partial charge < -0.3 is 9.84 Å². The van der Waals surface area contributed by atoms with E-state index in [0.717, 1.165) is 33.9 Å². The molecule has 0 aromatic carbocycles. The van der Waals surface area contributed by atoms with Gasteiger partial charge in [0.2, 0.25) is 0 Å². The molecule has 4 nitrogen and oxygen atoms in total. The second-order valence-electron chi connectivity index (χ2n) is 2.76. The number of carbonyl (C=O) groups excluding carboxylic acids is 1. The first-order valence-electron chi connectivity index (χ1n) is 4.57. The van der Waals surface area contributed by atoms with Crippen LogP contribution in [0.5, 0.6) is 0 Å². The number of carbonyl (C=O) groups is 1. The quantitative estimate of drug-likeness (QED) is 0.401. The van der Waals surface area contributed by atoms with E-state index in [0.29, 0.717) is 6.42 Å². The van der Waals surface area contributed by atoms with Crippen LogP contribution in [-0.4, -0.2) is 32.6 Å². The third-order valence-electron chi connectivity index (χ3n) is 1.73. The number of hydrogen-bond acceptors (Lipinski definition) is 3. The van der Waals surface area contributed by atoms with E-state index in [1.54, 1.807) is 0 Å². The number of hydrogen-bond donors (Lipinski definition) is 1. The second-order valence-corrected chi connectivity index (χ2v) is 3.76. The lowest BCUT2D eigenvalue weighted by molar-refractivity contribution is 0.0319. The average Bonchev–Trinajstić information content (AvgIpc) is 2.16. The zero-order valence-electron chi connectivity index (χ0n) is 8.48. The Labute approximate surface area is 87.3 Å². The molecule has 0 radical (unpaired) electrons. The van der Waals surface area contributed by atoms with E-state index >= 15 is 0 Å². The van der Waals surface area contributed by atoms with Gasteiger partial charge in [0.15, 0.2) is 0 Å². The molecule has 0 saturated heterocycles. The number of rotatable bonds is 6. The van der Waals surface area contributed by atoms with E-state index in [-0.39, 0.29) is 0 Å². The molecular formula is C9H17NO3Si. The fourth-order valence-corrected chi connectivity index (χ4v) is 1.38. The van der Waals surface area contributed by atoms with Crippen LogP contribution in [0.25, 0.3) is 0 Å². The van der Waals surface area contributed by atoms with Crippen molar-refractivity contribution in [2.75, 3.05) is 0 Å². The fourth-order valence-electron chi connectivity index (χ4n) is 0.976. The van der Waals surface area contributed by atoms with Gasteiger partial charge in [0.25, 0.3) is 0 Å². The van der Waals surface area contributed by atoms with Gasteiger partial charge in [0.05, 0.1) is 6.26 Å². The normalized spacial score (nSPS) is 11.8. The Hall–Kier alpha value is -1.07. The summed E-state index contributed by atoms with van der Waals surface area (Å²) in [5.74, 6) is 0. The van der Waals surface area contributed by atoms with Crippen LogP contribution in [0.4, 0.5) is 4.79 Å². The summed E-state index contributed by atoms with van der Waals surface area (Å²) < 4.78 is 4.52. The maximum atomic E-state index is 11.2. The average molecular weight is 215 g/mol. The molecule has 0 aliphatic heterocycles. The van der Waals surface area contributed by atoms with Gasteiger partial charge in [-0.15, -0.1) is 0 Å². The van der Waals surface area contributed by atoms with E-state index in [9.17, 15) is 9.90 Å². The number of aliphatic hydroxyl groups is 1. The summed E-state index contributed by atoms with van der Waals surface area (Å²) in [6.45, 7) is 6.69. The van der Waals surface area contributed by atoms with Crippen molar-refractivity contribution >= 4 is 16.3 Å². The predicted octanol–water partition coefficient (Wildman–Crippen LogP) is 0.594. The molecule has 0 aromatic rings. The molecule has 0 spiro atoms. The topological polar surface area (TPSA) is 49.8 Å². The van der Waals surface area contributed by atoms with E-state index in [1.807, 2.05) is 0 Å². The van der Waals surface area contributed by atoms with Crippen LogP contribution >= 0.6 is 0 Å². The molecular weight excluding hydrogens is 198 g/mol. The Balaban J connectivity index is 4.16. The molecule has 1 N–H and O–H groups in total. The molecule has 0 saturated carbocycles. The lowest BCUT2D eigenvalue weighted by Crippen LogP contribution is -2.35.